The molecular weight excluding hydrogens is 282 g/mol. The number of ketones is 1. The number of piperidine rings is 1. The Kier molecular flexibility index (Phi) is 4.97. The van der Waals surface area contributed by atoms with Crippen molar-refractivity contribution in [3.63, 3.8) is 0 Å². The molecule has 21 heavy (non-hydrogen) atoms. The number of hydrogen-bond donors (Lipinski definition) is 1. The second-order valence-electron chi connectivity index (χ2n) is 6.71. The van der Waals surface area contributed by atoms with E-state index in [9.17, 15) is 4.79 Å². The van der Waals surface area contributed by atoms with Gasteiger partial charge < -0.3 is 5.32 Å². The third kappa shape index (κ3) is 4.31. The number of halogens is 1. The van der Waals surface area contributed by atoms with Gasteiger partial charge in [-0.05, 0) is 62.1 Å². The van der Waals surface area contributed by atoms with Crippen molar-refractivity contribution in [2.75, 3.05) is 0 Å². The van der Waals surface area contributed by atoms with Crippen molar-refractivity contribution in [1.82, 2.24) is 5.32 Å². The molecule has 1 aromatic carbocycles. The van der Waals surface area contributed by atoms with Crippen LogP contribution < -0.4 is 5.32 Å². The summed E-state index contributed by atoms with van der Waals surface area (Å²) in [6, 6.07) is 9.45. The van der Waals surface area contributed by atoms with Gasteiger partial charge in [-0.3, -0.25) is 4.79 Å². The van der Waals surface area contributed by atoms with E-state index in [0.29, 0.717) is 23.8 Å². The van der Waals surface area contributed by atoms with Crippen LogP contribution in [0.5, 0.6) is 0 Å². The average Bonchev–Trinajstić information content (AvgIpc) is 2.45. The lowest BCUT2D eigenvalue weighted by Crippen LogP contribution is -2.58. The van der Waals surface area contributed by atoms with Crippen LogP contribution in [0.25, 0.3) is 0 Å². The molecule has 4 rings (SSSR count). The fourth-order valence-corrected chi connectivity index (χ4v) is 3.90. The molecule has 3 heteroatoms. The summed E-state index contributed by atoms with van der Waals surface area (Å²) >= 11 is 5.87. The number of Topliss-reactive ketones (excluding diaryl/α,β-unsaturated/α-hetero) is 1. The molecule has 1 aliphatic carbocycles. The lowest BCUT2D eigenvalue weighted by Gasteiger charge is -2.46. The van der Waals surface area contributed by atoms with Crippen molar-refractivity contribution >= 4 is 17.4 Å². The summed E-state index contributed by atoms with van der Waals surface area (Å²) in [5, 5.41) is 4.32. The van der Waals surface area contributed by atoms with Gasteiger partial charge in [0.25, 0.3) is 0 Å². The molecule has 2 bridgehead atoms. The normalized spacial score (nSPS) is 27.2. The number of unbranched alkanes of at least 4 members (excludes halogenated alkanes) is 1. The predicted octanol–water partition coefficient (Wildman–Crippen LogP) is 4.15. The summed E-state index contributed by atoms with van der Waals surface area (Å²) < 4.78 is 0. The number of carbonyl (C=O) groups excluding carboxylic acids is 1. The average molecular weight is 306 g/mol. The third-order valence-electron chi connectivity index (χ3n) is 4.88. The van der Waals surface area contributed by atoms with Gasteiger partial charge in [0, 0.05) is 29.9 Å². The van der Waals surface area contributed by atoms with Gasteiger partial charge in [-0.25, -0.2) is 0 Å². The molecule has 0 aromatic heterocycles. The van der Waals surface area contributed by atoms with Crippen molar-refractivity contribution in [3.05, 3.63) is 34.9 Å². The van der Waals surface area contributed by atoms with Gasteiger partial charge in [-0.2, -0.15) is 0 Å². The van der Waals surface area contributed by atoms with Crippen LogP contribution in [0.15, 0.2) is 24.3 Å². The molecule has 1 saturated carbocycles. The first kappa shape index (κ1) is 15.1. The summed E-state index contributed by atoms with van der Waals surface area (Å²) in [7, 11) is 0. The first-order valence-corrected chi connectivity index (χ1v) is 8.59. The zero-order chi connectivity index (χ0) is 14.7. The maximum absolute atomic E-state index is 12.1. The number of benzene rings is 1. The minimum atomic E-state index is 0.470. The van der Waals surface area contributed by atoms with Gasteiger partial charge in [0.05, 0.1) is 0 Å². The Bertz CT molecular complexity index is 468. The van der Waals surface area contributed by atoms with E-state index in [1.807, 2.05) is 12.1 Å². The fraction of sp³-hybridized carbons (Fsp3) is 0.611. The van der Waals surface area contributed by atoms with Crippen molar-refractivity contribution < 1.29 is 4.79 Å². The molecule has 1 N–H and O–H groups in total. The highest BCUT2D eigenvalue weighted by Gasteiger charge is 2.37. The second kappa shape index (κ2) is 6.93. The lowest BCUT2D eigenvalue weighted by molar-refractivity contribution is -0.120. The zero-order valence-electron chi connectivity index (χ0n) is 12.5. The topological polar surface area (TPSA) is 29.1 Å². The fourth-order valence-electron chi connectivity index (χ4n) is 3.77. The van der Waals surface area contributed by atoms with E-state index in [1.165, 1.54) is 24.8 Å². The van der Waals surface area contributed by atoms with Gasteiger partial charge in [0.2, 0.25) is 0 Å². The Morgan fingerprint density at radius 1 is 1.10 bits per heavy atom. The van der Waals surface area contributed by atoms with Gasteiger partial charge in [0.1, 0.15) is 5.78 Å². The molecular formula is C18H24ClNO. The van der Waals surface area contributed by atoms with Crippen molar-refractivity contribution in [2.24, 2.45) is 5.92 Å². The Morgan fingerprint density at radius 2 is 1.76 bits per heavy atom. The van der Waals surface area contributed by atoms with Crippen molar-refractivity contribution in [2.45, 2.75) is 63.5 Å². The van der Waals surface area contributed by atoms with Crippen molar-refractivity contribution in [3.8, 4) is 0 Å². The molecule has 2 heterocycles. The number of hydrogen-bond acceptors (Lipinski definition) is 2. The number of aryl methyl sites for hydroxylation is 1. The first-order chi connectivity index (χ1) is 10.2. The summed E-state index contributed by atoms with van der Waals surface area (Å²) in [6.07, 6.45) is 8.49. The van der Waals surface area contributed by atoms with Crippen LogP contribution in [-0.4, -0.2) is 17.9 Å². The van der Waals surface area contributed by atoms with Gasteiger partial charge in [-0.1, -0.05) is 23.7 Å². The molecule has 0 radical (unpaired) electrons. The second-order valence-corrected chi connectivity index (χ2v) is 7.15. The molecule has 2 aliphatic heterocycles. The lowest BCUT2D eigenvalue weighted by atomic mass is 9.74. The van der Waals surface area contributed by atoms with E-state index >= 15 is 0 Å². The monoisotopic (exact) mass is 305 g/mol. The Hall–Kier alpha value is -0.860. The molecule has 3 fully saturated rings. The SMILES string of the molecule is O=C(CCCCc1ccc(Cl)cc1)CC1CC2CC(C1)N2. The summed E-state index contributed by atoms with van der Waals surface area (Å²) in [5.41, 5.74) is 1.31. The zero-order valence-corrected chi connectivity index (χ0v) is 13.2. The Morgan fingerprint density at radius 3 is 2.43 bits per heavy atom. The van der Waals surface area contributed by atoms with E-state index in [1.54, 1.807) is 0 Å². The first-order valence-electron chi connectivity index (χ1n) is 8.21. The van der Waals surface area contributed by atoms with E-state index in [2.05, 4.69) is 17.4 Å². The molecule has 1 aromatic rings. The van der Waals surface area contributed by atoms with E-state index in [0.717, 1.165) is 37.1 Å². The number of carbonyl (C=O) groups is 1. The summed E-state index contributed by atoms with van der Waals surface area (Å²) in [6.45, 7) is 0. The van der Waals surface area contributed by atoms with Crippen LogP contribution >= 0.6 is 11.6 Å². The van der Waals surface area contributed by atoms with Crippen LogP contribution in [0.4, 0.5) is 0 Å². The van der Waals surface area contributed by atoms with E-state index in [4.69, 9.17) is 11.6 Å². The predicted molar refractivity (Wildman–Crippen MR) is 86.7 cm³/mol. The Balaban J connectivity index is 1.30. The van der Waals surface area contributed by atoms with Crippen LogP contribution in [0, 0.1) is 5.92 Å². The minimum Gasteiger partial charge on any atom is -0.311 e. The molecule has 0 spiro atoms. The smallest absolute Gasteiger partial charge is 0.133 e. The third-order valence-corrected chi connectivity index (χ3v) is 5.13. The molecule has 2 atom stereocenters. The quantitative estimate of drug-likeness (QED) is 0.767. The van der Waals surface area contributed by atoms with Gasteiger partial charge in [-0.15, -0.1) is 0 Å². The van der Waals surface area contributed by atoms with Crippen LogP contribution in [0.1, 0.15) is 50.5 Å². The number of fused-ring (bicyclic) bond motifs is 2. The highest BCUT2D eigenvalue weighted by atomic mass is 35.5. The molecule has 2 saturated heterocycles. The van der Waals surface area contributed by atoms with E-state index < -0.39 is 0 Å². The minimum absolute atomic E-state index is 0.470. The van der Waals surface area contributed by atoms with Crippen LogP contribution in [0.2, 0.25) is 5.02 Å². The Labute approximate surface area is 132 Å². The molecule has 2 unspecified atom stereocenters. The summed E-state index contributed by atoms with van der Waals surface area (Å²) in [4.78, 5) is 12.1. The maximum atomic E-state index is 12.1. The molecule has 114 valence electrons. The van der Waals surface area contributed by atoms with Crippen LogP contribution in [0.3, 0.4) is 0 Å². The maximum Gasteiger partial charge on any atom is 0.133 e. The highest BCUT2D eigenvalue weighted by molar-refractivity contribution is 6.30. The number of rotatable bonds is 7. The summed E-state index contributed by atoms with van der Waals surface area (Å²) in [5.74, 6) is 1.12. The largest absolute Gasteiger partial charge is 0.311 e. The standard InChI is InChI=1S/C18H24ClNO/c19-15-7-5-13(6-8-15)3-1-2-4-18(21)11-14-9-16-12-17(10-14)20-16/h5-8,14,16-17,20H,1-4,9-12H2. The molecule has 0 amide bonds. The molecule has 3 aliphatic rings. The highest BCUT2D eigenvalue weighted by Crippen LogP contribution is 2.34. The van der Waals surface area contributed by atoms with E-state index in [-0.39, 0.29) is 0 Å². The van der Waals surface area contributed by atoms with Gasteiger partial charge >= 0.3 is 0 Å². The molecule has 2 nitrogen and oxygen atoms in total. The number of nitrogens with one attached hydrogen (secondary N) is 1. The van der Waals surface area contributed by atoms with Crippen LogP contribution in [-0.2, 0) is 11.2 Å². The van der Waals surface area contributed by atoms with Crippen molar-refractivity contribution in [1.29, 1.82) is 0 Å². The van der Waals surface area contributed by atoms with Gasteiger partial charge in [0.15, 0.2) is 0 Å².